The number of para-hydroxylation sites is 1. The van der Waals surface area contributed by atoms with Crippen molar-refractivity contribution < 1.29 is 13.9 Å². The van der Waals surface area contributed by atoms with E-state index in [9.17, 15) is 4.79 Å². The lowest BCUT2D eigenvalue weighted by atomic mass is 10.3. The SMILES string of the molecule is Cc1nn(-c2ccccc2)nc1C(=O)OCc1coc(-c2cccs2)n1. The van der Waals surface area contributed by atoms with Gasteiger partial charge in [-0.05, 0) is 30.5 Å². The van der Waals surface area contributed by atoms with Crippen LogP contribution in [0.25, 0.3) is 16.5 Å². The Hall–Kier alpha value is -3.26. The van der Waals surface area contributed by atoms with Crippen molar-refractivity contribution in [3.05, 3.63) is 71.2 Å². The monoisotopic (exact) mass is 366 g/mol. The van der Waals surface area contributed by atoms with Gasteiger partial charge in [0.2, 0.25) is 5.89 Å². The Kier molecular flexibility index (Phi) is 4.32. The van der Waals surface area contributed by atoms with Gasteiger partial charge in [-0.2, -0.15) is 9.90 Å². The van der Waals surface area contributed by atoms with Crippen molar-refractivity contribution in [2.24, 2.45) is 0 Å². The van der Waals surface area contributed by atoms with E-state index in [1.54, 1.807) is 6.92 Å². The number of carbonyl (C=O) groups excluding carboxylic acids is 1. The molecule has 3 heterocycles. The van der Waals surface area contributed by atoms with E-state index < -0.39 is 5.97 Å². The molecule has 0 N–H and O–H groups in total. The fourth-order valence-electron chi connectivity index (χ4n) is 2.34. The van der Waals surface area contributed by atoms with Crippen LogP contribution in [-0.4, -0.2) is 25.9 Å². The first-order valence-corrected chi connectivity index (χ1v) is 8.73. The third kappa shape index (κ3) is 3.27. The highest BCUT2D eigenvalue weighted by Crippen LogP contribution is 2.23. The van der Waals surface area contributed by atoms with Gasteiger partial charge in [-0.1, -0.05) is 24.3 Å². The van der Waals surface area contributed by atoms with E-state index >= 15 is 0 Å². The number of esters is 1. The van der Waals surface area contributed by atoms with Gasteiger partial charge in [0.15, 0.2) is 5.69 Å². The molecular weight excluding hydrogens is 352 g/mol. The average molecular weight is 366 g/mol. The number of hydrogen-bond donors (Lipinski definition) is 0. The van der Waals surface area contributed by atoms with Gasteiger partial charge in [-0.15, -0.1) is 16.4 Å². The lowest BCUT2D eigenvalue weighted by molar-refractivity contribution is 0.0459. The second-order valence-corrected chi connectivity index (χ2v) is 6.40. The maximum atomic E-state index is 12.3. The van der Waals surface area contributed by atoms with Gasteiger partial charge in [0, 0.05) is 0 Å². The summed E-state index contributed by atoms with van der Waals surface area (Å²) in [5.74, 6) is -0.0393. The third-order valence-electron chi connectivity index (χ3n) is 3.60. The second kappa shape index (κ2) is 6.93. The van der Waals surface area contributed by atoms with Gasteiger partial charge < -0.3 is 9.15 Å². The summed E-state index contributed by atoms with van der Waals surface area (Å²) in [6.45, 7) is 1.72. The molecule has 1 aromatic carbocycles. The van der Waals surface area contributed by atoms with Crippen LogP contribution in [-0.2, 0) is 11.3 Å². The molecule has 0 aliphatic heterocycles. The zero-order valence-corrected chi connectivity index (χ0v) is 14.6. The molecule has 0 unspecified atom stereocenters. The maximum Gasteiger partial charge on any atom is 0.361 e. The fraction of sp³-hybridized carbons (Fsp3) is 0.111. The number of aromatic nitrogens is 4. The molecule has 0 atom stereocenters. The lowest BCUT2D eigenvalue weighted by Crippen LogP contribution is -2.08. The van der Waals surface area contributed by atoms with Gasteiger partial charge >= 0.3 is 5.97 Å². The fourth-order valence-corrected chi connectivity index (χ4v) is 2.99. The molecule has 4 aromatic rings. The Morgan fingerprint density at radius 2 is 2.04 bits per heavy atom. The molecule has 8 heteroatoms. The van der Waals surface area contributed by atoms with Crippen molar-refractivity contribution in [3.63, 3.8) is 0 Å². The molecule has 0 saturated carbocycles. The van der Waals surface area contributed by atoms with Gasteiger partial charge in [-0.25, -0.2) is 9.78 Å². The summed E-state index contributed by atoms with van der Waals surface area (Å²) >= 11 is 1.53. The number of aryl methyl sites for hydroxylation is 1. The highest BCUT2D eigenvalue weighted by Gasteiger charge is 2.19. The Labute approximate surface area is 152 Å². The molecule has 0 amide bonds. The number of benzene rings is 1. The zero-order chi connectivity index (χ0) is 17.9. The zero-order valence-electron chi connectivity index (χ0n) is 13.8. The van der Waals surface area contributed by atoms with E-state index in [0.717, 1.165) is 10.6 Å². The minimum atomic E-state index is -0.551. The van der Waals surface area contributed by atoms with E-state index in [-0.39, 0.29) is 12.3 Å². The number of ether oxygens (including phenoxy) is 1. The van der Waals surface area contributed by atoms with Crippen LogP contribution >= 0.6 is 11.3 Å². The molecule has 0 bridgehead atoms. The summed E-state index contributed by atoms with van der Waals surface area (Å²) in [7, 11) is 0. The Morgan fingerprint density at radius 3 is 2.81 bits per heavy atom. The summed E-state index contributed by atoms with van der Waals surface area (Å²) in [6, 6.07) is 13.2. The number of oxazole rings is 1. The molecule has 0 saturated heterocycles. The Bertz CT molecular complexity index is 1020. The quantitative estimate of drug-likeness (QED) is 0.501. The van der Waals surface area contributed by atoms with Crippen molar-refractivity contribution >= 4 is 17.3 Å². The van der Waals surface area contributed by atoms with Gasteiger partial charge in [0.1, 0.15) is 18.6 Å². The molecule has 3 aromatic heterocycles. The summed E-state index contributed by atoms with van der Waals surface area (Å²) in [4.78, 5) is 19.0. The standard InChI is InChI=1S/C18H14N4O3S/c1-12-16(21-22(20-12)14-6-3-2-4-7-14)18(23)25-11-13-10-24-17(19-13)15-8-5-9-26-15/h2-10H,11H2,1H3. The van der Waals surface area contributed by atoms with Crippen molar-refractivity contribution in [1.29, 1.82) is 0 Å². The highest BCUT2D eigenvalue weighted by atomic mass is 32.1. The topological polar surface area (TPSA) is 83.0 Å². The minimum Gasteiger partial charge on any atom is -0.454 e. The van der Waals surface area contributed by atoms with Crippen LogP contribution in [0.1, 0.15) is 21.9 Å². The van der Waals surface area contributed by atoms with E-state index in [0.29, 0.717) is 17.3 Å². The van der Waals surface area contributed by atoms with E-state index in [2.05, 4.69) is 15.2 Å². The van der Waals surface area contributed by atoms with Gasteiger partial charge in [-0.3, -0.25) is 0 Å². The van der Waals surface area contributed by atoms with Crippen molar-refractivity contribution in [2.45, 2.75) is 13.5 Å². The summed E-state index contributed by atoms with van der Waals surface area (Å²) < 4.78 is 10.7. The Morgan fingerprint density at radius 1 is 1.19 bits per heavy atom. The van der Waals surface area contributed by atoms with E-state index in [4.69, 9.17) is 9.15 Å². The van der Waals surface area contributed by atoms with Crippen LogP contribution in [0.4, 0.5) is 0 Å². The first-order chi connectivity index (χ1) is 12.7. The number of thiophene rings is 1. The maximum absolute atomic E-state index is 12.3. The average Bonchev–Trinajstić information content (AvgIpc) is 3.40. The predicted octanol–water partition coefficient (Wildman–Crippen LogP) is 3.65. The van der Waals surface area contributed by atoms with Gasteiger partial charge in [0.25, 0.3) is 0 Å². The molecule has 0 aliphatic carbocycles. The molecule has 26 heavy (non-hydrogen) atoms. The van der Waals surface area contributed by atoms with E-state index in [1.165, 1.54) is 22.4 Å². The Balaban J connectivity index is 1.45. The summed E-state index contributed by atoms with van der Waals surface area (Å²) in [6.07, 6.45) is 1.48. The number of carbonyl (C=O) groups is 1. The van der Waals surface area contributed by atoms with Crippen molar-refractivity contribution in [2.75, 3.05) is 0 Å². The van der Waals surface area contributed by atoms with Crippen molar-refractivity contribution in [1.82, 2.24) is 20.0 Å². The third-order valence-corrected chi connectivity index (χ3v) is 4.46. The number of hydrogen-bond acceptors (Lipinski definition) is 7. The van der Waals surface area contributed by atoms with Crippen LogP contribution in [0, 0.1) is 6.92 Å². The molecule has 0 fully saturated rings. The first-order valence-electron chi connectivity index (χ1n) is 7.85. The molecule has 4 rings (SSSR count). The molecular formula is C18H14N4O3S. The van der Waals surface area contributed by atoms with Crippen LogP contribution in [0.3, 0.4) is 0 Å². The number of rotatable bonds is 5. The molecule has 0 aliphatic rings. The summed E-state index contributed by atoms with van der Waals surface area (Å²) in [5.41, 5.74) is 1.98. The molecule has 130 valence electrons. The van der Waals surface area contributed by atoms with Crippen LogP contribution < -0.4 is 0 Å². The molecule has 0 radical (unpaired) electrons. The lowest BCUT2D eigenvalue weighted by Gasteiger charge is -2.00. The summed E-state index contributed by atoms with van der Waals surface area (Å²) in [5, 5.41) is 10.4. The predicted molar refractivity (Wildman–Crippen MR) is 95.0 cm³/mol. The van der Waals surface area contributed by atoms with Crippen LogP contribution in [0.2, 0.25) is 0 Å². The van der Waals surface area contributed by atoms with Crippen LogP contribution in [0.5, 0.6) is 0 Å². The minimum absolute atomic E-state index is 0.00530. The molecule has 0 spiro atoms. The molecule has 7 nitrogen and oxygen atoms in total. The van der Waals surface area contributed by atoms with Crippen molar-refractivity contribution in [3.8, 4) is 16.5 Å². The van der Waals surface area contributed by atoms with Crippen LogP contribution in [0.15, 0.2) is 58.5 Å². The highest BCUT2D eigenvalue weighted by molar-refractivity contribution is 7.13. The van der Waals surface area contributed by atoms with Gasteiger partial charge in [0.05, 0.1) is 16.3 Å². The normalized spacial score (nSPS) is 10.8. The largest absolute Gasteiger partial charge is 0.454 e. The smallest absolute Gasteiger partial charge is 0.361 e. The second-order valence-electron chi connectivity index (χ2n) is 5.46. The van der Waals surface area contributed by atoms with E-state index in [1.807, 2.05) is 47.8 Å². The number of nitrogens with zero attached hydrogens (tertiary/aromatic N) is 4. The first kappa shape index (κ1) is 16.2.